The van der Waals surface area contributed by atoms with Gasteiger partial charge in [-0.15, -0.1) is 11.3 Å². The number of thiophene rings is 1. The van der Waals surface area contributed by atoms with Gasteiger partial charge in [-0.2, -0.15) is 13.2 Å². The first-order chi connectivity index (χ1) is 14.1. The number of benzene rings is 1. The predicted molar refractivity (Wildman–Crippen MR) is 114 cm³/mol. The number of hydrogen-bond acceptors (Lipinski definition) is 4. The fraction of sp³-hybridized carbons (Fsp3) is 0.478. The summed E-state index contributed by atoms with van der Waals surface area (Å²) in [6.45, 7) is 8.12. The van der Waals surface area contributed by atoms with Crippen molar-refractivity contribution in [2.45, 2.75) is 71.1 Å². The molecule has 2 rings (SSSR count). The highest BCUT2D eigenvalue weighted by Gasteiger charge is 2.46. The minimum absolute atomic E-state index is 0.0259. The van der Waals surface area contributed by atoms with E-state index in [1.807, 2.05) is 19.1 Å². The number of rotatable bonds is 8. The fourth-order valence-corrected chi connectivity index (χ4v) is 4.89. The van der Waals surface area contributed by atoms with Gasteiger partial charge in [-0.05, 0) is 70.2 Å². The first kappa shape index (κ1) is 25.1. The van der Waals surface area contributed by atoms with Gasteiger partial charge in [-0.25, -0.2) is 0 Å². The third kappa shape index (κ3) is 5.54. The molecule has 0 aliphatic carbocycles. The molecule has 0 aliphatic heterocycles. The standard InChI is InChI=1S/C23H27F3O4S/c1-13-8-14(2)19(15(3)9-13)22(5,20(28)29)18(27)11-21(4,30)7-6-17-10-16(12-31-17)23(24,25)26/h8-10,12,30H,6-7,11H2,1-5H3,(H,28,29). The summed E-state index contributed by atoms with van der Waals surface area (Å²) in [5.74, 6) is -1.96. The van der Waals surface area contributed by atoms with E-state index >= 15 is 0 Å². The van der Waals surface area contributed by atoms with E-state index in [2.05, 4.69) is 0 Å². The zero-order valence-corrected chi connectivity index (χ0v) is 19.0. The lowest BCUT2D eigenvalue weighted by Crippen LogP contribution is -2.45. The minimum atomic E-state index is -4.43. The molecule has 2 atom stereocenters. The van der Waals surface area contributed by atoms with E-state index in [-0.39, 0.29) is 12.8 Å². The molecular weight excluding hydrogens is 429 g/mol. The molecule has 0 aliphatic rings. The van der Waals surface area contributed by atoms with Crippen molar-refractivity contribution in [2.24, 2.45) is 0 Å². The topological polar surface area (TPSA) is 74.6 Å². The molecule has 31 heavy (non-hydrogen) atoms. The quantitative estimate of drug-likeness (QED) is 0.523. The van der Waals surface area contributed by atoms with Gasteiger partial charge in [-0.1, -0.05) is 17.7 Å². The number of aliphatic hydroxyl groups is 1. The Labute approximate surface area is 183 Å². The summed E-state index contributed by atoms with van der Waals surface area (Å²) < 4.78 is 38.3. The molecule has 0 bridgehead atoms. The van der Waals surface area contributed by atoms with Crippen LogP contribution in [0.25, 0.3) is 0 Å². The SMILES string of the molecule is Cc1cc(C)c(C(C)(C(=O)O)C(=O)CC(C)(O)CCc2cc(C(F)(F)F)cs2)c(C)c1. The van der Waals surface area contributed by atoms with Crippen molar-refractivity contribution in [1.29, 1.82) is 0 Å². The molecule has 2 N–H and O–H groups in total. The van der Waals surface area contributed by atoms with Crippen LogP contribution in [0.1, 0.15) is 59.4 Å². The lowest BCUT2D eigenvalue weighted by molar-refractivity contribution is -0.149. The molecule has 0 amide bonds. The van der Waals surface area contributed by atoms with E-state index in [0.29, 0.717) is 21.6 Å². The fourth-order valence-electron chi connectivity index (χ4n) is 4.00. The normalized spacial score (nSPS) is 15.9. The molecule has 0 fully saturated rings. The second kappa shape index (κ2) is 8.74. The highest BCUT2D eigenvalue weighted by Crippen LogP contribution is 2.36. The Morgan fingerprint density at radius 3 is 2.03 bits per heavy atom. The summed E-state index contributed by atoms with van der Waals surface area (Å²) >= 11 is 0.938. The van der Waals surface area contributed by atoms with E-state index in [1.54, 1.807) is 13.8 Å². The van der Waals surface area contributed by atoms with Crippen LogP contribution in [-0.2, 0) is 27.6 Å². The molecule has 1 aromatic heterocycles. The average Bonchev–Trinajstić information content (AvgIpc) is 3.07. The van der Waals surface area contributed by atoms with Crippen molar-refractivity contribution in [3.05, 3.63) is 56.3 Å². The van der Waals surface area contributed by atoms with E-state index in [0.717, 1.165) is 28.3 Å². The number of aliphatic carboxylic acids is 1. The molecule has 0 saturated heterocycles. The van der Waals surface area contributed by atoms with Crippen LogP contribution in [0.4, 0.5) is 13.2 Å². The van der Waals surface area contributed by atoms with Crippen molar-refractivity contribution < 1.29 is 33.0 Å². The molecule has 2 aromatic rings. The van der Waals surface area contributed by atoms with E-state index in [9.17, 15) is 33.0 Å². The number of hydrogen-bond donors (Lipinski definition) is 2. The lowest BCUT2D eigenvalue weighted by atomic mass is 9.71. The van der Waals surface area contributed by atoms with Gasteiger partial charge in [-0.3, -0.25) is 9.59 Å². The van der Waals surface area contributed by atoms with Gasteiger partial charge < -0.3 is 10.2 Å². The monoisotopic (exact) mass is 456 g/mol. The Bertz CT molecular complexity index is 968. The molecular formula is C23H27F3O4S. The molecule has 8 heteroatoms. The molecule has 1 aromatic carbocycles. The maximum absolute atomic E-state index is 13.2. The van der Waals surface area contributed by atoms with Crippen molar-refractivity contribution in [1.82, 2.24) is 0 Å². The van der Waals surface area contributed by atoms with Gasteiger partial charge in [0, 0.05) is 16.7 Å². The first-order valence-corrected chi connectivity index (χ1v) is 10.7. The molecule has 1 heterocycles. The number of carboxylic acids is 1. The van der Waals surface area contributed by atoms with Crippen LogP contribution in [0.5, 0.6) is 0 Å². The third-order valence-electron chi connectivity index (χ3n) is 5.59. The molecule has 2 unspecified atom stereocenters. The number of carboxylic acid groups (broad SMARTS) is 1. The van der Waals surface area contributed by atoms with Crippen LogP contribution in [0.15, 0.2) is 23.6 Å². The Hall–Kier alpha value is -2.19. The Balaban J connectivity index is 2.23. The first-order valence-electron chi connectivity index (χ1n) is 9.80. The van der Waals surface area contributed by atoms with E-state index in [4.69, 9.17) is 0 Å². The number of carbonyl (C=O) groups is 2. The van der Waals surface area contributed by atoms with Crippen LogP contribution in [-0.4, -0.2) is 27.6 Å². The number of aryl methyl sites for hydroxylation is 4. The van der Waals surface area contributed by atoms with Gasteiger partial charge in [0.1, 0.15) is 5.41 Å². The summed E-state index contributed by atoms with van der Waals surface area (Å²) in [7, 11) is 0. The smallest absolute Gasteiger partial charge is 0.417 e. The number of carbonyl (C=O) groups excluding carboxylic acids is 1. The van der Waals surface area contributed by atoms with Crippen LogP contribution in [0, 0.1) is 20.8 Å². The highest BCUT2D eigenvalue weighted by atomic mass is 32.1. The van der Waals surface area contributed by atoms with Crippen LogP contribution < -0.4 is 0 Å². The maximum atomic E-state index is 13.2. The summed E-state index contributed by atoms with van der Waals surface area (Å²) in [5, 5.41) is 21.7. The minimum Gasteiger partial charge on any atom is -0.480 e. The number of Topliss-reactive ketones (excluding diaryl/α,β-unsaturated/α-hetero) is 1. The zero-order valence-electron chi connectivity index (χ0n) is 18.2. The highest BCUT2D eigenvalue weighted by molar-refractivity contribution is 7.10. The molecule has 170 valence electrons. The van der Waals surface area contributed by atoms with Crippen molar-refractivity contribution >= 4 is 23.1 Å². The van der Waals surface area contributed by atoms with E-state index < -0.39 is 40.9 Å². The van der Waals surface area contributed by atoms with Gasteiger partial charge in [0.05, 0.1) is 11.2 Å². The second-order valence-corrected chi connectivity index (χ2v) is 9.60. The molecule has 0 saturated carbocycles. The third-order valence-corrected chi connectivity index (χ3v) is 6.59. The van der Waals surface area contributed by atoms with Crippen molar-refractivity contribution in [3.63, 3.8) is 0 Å². The summed E-state index contributed by atoms with van der Waals surface area (Å²) in [4.78, 5) is 25.8. The number of alkyl halides is 3. The maximum Gasteiger partial charge on any atom is 0.417 e. The number of ketones is 1. The van der Waals surface area contributed by atoms with Gasteiger partial charge in [0.15, 0.2) is 5.78 Å². The van der Waals surface area contributed by atoms with Crippen LogP contribution in [0.2, 0.25) is 0 Å². The Morgan fingerprint density at radius 2 is 1.58 bits per heavy atom. The summed E-state index contributed by atoms with van der Waals surface area (Å²) in [5.41, 5.74) is -1.46. The number of halogens is 3. The van der Waals surface area contributed by atoms with Gasteiger partial charge >= 0.3 is 12.1 Å². The zero-order chi connectivity index (χ0) is 23.8. The van der Waals surface area contributed by atoms with Crippen LogP contribution in [0.3, 0.4) is 0 Å². The molecule has 4 nitrogen and oxygen atoms in total. The largest absolute Gasteiger partial charge is 0.480 e. The Kier molecular flexibility index (Phi) is 7.07. The Morgan fingerprint density at radius 1 is 1.03 bits per heavy atom. The summed E-state index contributed by atoms with van der Waals surface area (Å²) in [6.07, 6.45) is -4.69. The average molecular weight is 457 g/mol. The predicted octanol–water partition coefficient (Wildman–Crippen LogP) is 5.38. The molecule has 0 radical (unpaired) electrons. The van der Waals surface area contributed by atoms with Crippen molar-refractivity contribution in [2.75, 3.05) is 0 Å². The van der Waals surface area contributed by atoms with Gasteiger partial charge in [0.2, 0.25) is 0 Å². The lowest BCUT2D eigenvalue weighted by Gasteiger charge is -2.31. The van der Waals surface area contributed by atoms with Crippen LogP contribution >= 0.6 is 11.3 Å². The van der Waals surface area contributed by atoms with Gasteiger partial charge in [0.25, 0.3) is 0 Å². The van der Waals surface area contributed by atoms with E-state index in [1.165, 1.54) is 13.8 Å². The summed E-state index contributed by atoms with van der Waals surface area (Å²) in [6, 6.07) is 4.65. The second-order valence-electron chi connectivity index (χ2n) is 8.60. The van der Waals surface area contributed by atoms with Crippen molar-refractivity contribution in [3.8, 4) is 0 Å². The molecule has 0 spiro atoms.